The summed E-state index contributed by atoms with van der Waals surface area (Å²) in [4.78, 5) is 29.0. The number of aliphatic hydroxyl groups excluding tert-OH is 1. The first-order chi connectivity index (χ1) is 19.8. The Morgan fingerprint density at radius 2 is 1.90 bits per heavy atom. The van der Waals surface area contributed by atoms with E-state index in [1.54, 1.807) is 12.1 Å². The largest absolute Gasteiger partial charge is 0.461 e. The molecular weight excluding hydrogens is 514 g/mol. The van der Waals surface area contributed by atoms with Crippen molar-refractivity contribution >= 4 is 11.9 Å². The SMILES string of the molecule is CC1=CCCC2(C)C(CCC23CN(Cc2ccccc2)C(=O)O3)c2ccc(cc2C(=O)c2ccco2)CC(O)CC1. The van der Waals surface area contributed by atoms with Crippen molar-refractivity contribution in [3.8, 4) is 0 Å². The molecule has 1 saturated heterocycles. The zero-order chi connectivity index (χ0) is 28.6. The molecule has 214 valence electrons. The number of ketones is 1. The molecule has 1 N–H and O–H groups in total. The van der Waals surface area contributed by atoms with Gasteiger partial charge in [0.25, 0.3) is 0 Å². The molecule has 2 bridgehead atoms. The standard InChI is InChI=1S/C35H39NO5/c1-24-8-6-17-34(2)30(16-18-35(34)23-36(33(39)41-35)22-25-9-4-3-5-10-25)28-15-13-26(20-27(37)14-12-24)21-29(28)32(38)31-11-7-19-40-31/h3-5,7-11,13,15,19,21,27,30,37H,6,12,14,16-18,20,22-23H2,1-2H3. The van der Waals surface area contributed by atoms with Crippen LogP contribution in [-0.2, 0) is 17.7 Å². The minimum Gasteiger partial charge on any atom is -0.461 e. The molecule has 3 aliphatic carbocycles. The van der Waals surface area contributed by atoms with Gasteiger partial charge in [-0.3, -0.25) is 9.69 Å². The summed E-state index contributed by atoms with van der Waals surface area (Å²) in [6, 6.07) is 19.6. The molecule has 6 nitrogen and oxygen atoms in total. The zero-order valence-electron chi connectivity index (χ0n) is 24.0. The Bertz CT molecular complexity index is 1440. The van der Waals surface area contributed by atoms with Gasteiger partial charge < -0.3 is 14.3 Å². The maximum absolute atomic E-state index is 13.8. The number of amides is 1. The fraction of sp³-hybridized carbons (Fsp3) is 0.429. The van der Waals surface area contributed by atoms with Crippen molar-refractivity contribution in [2.24, 2.45) is 5.41 Å². The van der Waals surface area contributed by atoms with Crippen molar-refractivity contribution in [1.82, 2.24) is 4.90 Å². The zero-order valence-corrected chi connectivity index (χ0v) is 24.0. The van der Waals surface area contributed by atoms with E-state index in [2.05, 4.69) is 32.1 Å². The second-order valence-electron chi connectivity index (χ2n) is 12.4. The number of fused-ring (bicyclic) bond motifs is 8. The van der Waals surface area contributed by atoms with Crippen molar-refractivity contribution in [3.05, 3.63) is 107 Å². The van der Waals surface area contributed by atoms with Gasteiger partial charge in [-0.2, -0.15) is 0 Å². The predicted molar refractivity (Wildman–Crippen MR) is 157 cm³/mol. The molecule has 1 saturated carbocycles. The summed E-state index contributed by atoms with van der Waals surface area (Å²) in [5.74, 6) is 0.164. The lowest BCUT2D eigenvalue weighted by Gasteiger charge is -2.43. The number of hydrogen-bond acceptors (Lipinski definition) is 5. The van der Waals surface area contributed by atoms with Crippen LogP contribution in [0.4, 0.5) is 4.79 Å². The van der Waals surface area contributed by atoms with E-state index in [0.29, 0.717) is 37.3 Å². The highest BCUT2D eigenvalue weighted by Crippen LogP contribution is 2.61. The van der Waals surface area contributed by atoms with E-state index in [0.717, 1.165) is 48.8 Å². The van der Waals surface area contributed by atoms with E-state index in [4.69, 9.17) is 9.15 Å². The first-order valence-corrected chi connectivity index (χ1v) is 14.8. The summed E-state index contributed by atoms with van der Waals surface area (Å²) in [6.45, 7) is 5.44. The predicted octanol–water partition coefficient (Wildman–Crippen LogP) is 7.21. The van der Waals surface area contributed by atoms with E-state index in [1.165, 1.54) is 11.8 Å². The monoisotopic (exact) mass is 553 g/mol. The van der Waals surface area contributed by atoms with E-state index in [-0.39, 0.29) is 17.8 Å². The Hall–Kier alpha value is -3.64. The maximum Gasteiger partial charge on any atom is 0.410 e. The molecule has 1 spiro atoms. The smallest absolute Gasteiger partial charge is 0.410 e. The van der Waals surface area contributed by atoms with Crippen LogP contribution >= 0.6 is 0 Å². The number of carbonyl (C=O) groups is 2. The van der Waals surface area contributed by atoms with Crippen LogP contribution in [-0.4, -0.2) is 40.1 Å². The Labute approximate surface area is 242 Å². The van der Waals surface area contributed by atoms with Crippen LogP contribution < -0.4 is 0 Å². The summed E-state index contributed by atoms with van der Waals surface area (Å²) in [5, 5.41) is 10.8. The van der Waals surface area contributed by atoms with E-state index >= 15 is 0 Å². The molecule has 7 rings (SSSR count). The third-order valence-electron chi connectivity index (χ3n) is 9.83. The Kier molecular flexibility index (Phi) is 7.37. The number of benzene rings is 2. The van der Waals surface area contributed by atoms with Crippen LogP contribution in [0.3, 0.4) is 0 Å². The molecule has 2 fully saturated rings. The van der Waals surface area contributed by atoms with Gasteiger partial charge in [0.15, 0.2) is 5.76 Å². The van der Waals surface area contributed by atoms with Crippen LogP contribution in [0.15, 0.2) is 83.0 Å². The van der Waals surface area contributed by atoms with Crippen molar-refractivity contribution in [1.29, 1.82) is 0 Å². The molecule has 4 atom stereocenters. The second-order valence-corrected chi connectivity index (χ2v) is 12.4. The van der Waals surface area contributed by atoms with Crippen LogP contribution in [0.2, 0.25) is 0 Å². The molecule has 3 aromatic rings. The molecule has 41 heavy (non-hydrogen) atoms. The lowest BCUT2D eigenvalue weighted by molar-refractivity contribution is -0.0373. The minimum atomic E-state index is -0.651. The topological polar surface area (TPSA) is 80.0 Å². The van der Waals surface area contributed by atoms with Gasteiger partial charge in [-0.15, -0.1) is 0 Å². The molecule has 0 radical (unpaired) electrons. The summed E-state index contributed by atoms with van der Waals surface area (Å²) in [7, 11) is 0. The molecular formula is C35H39NO5. The van der Waals surface area contributed by atoms with E-state index < -0.39 is 17.1 Å². The summed E-state index contributed by atoms with van der Waals surface area (Å²) >= 11 is 0. The minimum absolute atomic E-state index is 0.0107. The van der Waals surface area contributed by atoms with E-state index in [9.17, 15) is 14.7 Å². The highest BCUT2D eigenvalue weighted by atomic mass is 16.6. The fourth-order valence-corrected chi connectivity index (χ4v) is 7.45. The summed E-state index contributed by atoms with van der Waals surface area (Å²) in [6.07, 6.45) is 8.25. The Morgan fingerprint density at radius 3 is 2.68 bits per heavy atom. The van der Waals surface area contributed by atoms with Gasteiger partial charge in [0.2, 0.25) is 5.78 Å². The quantitative estimate of drug-likeness (QED) is 0.273. The van der Waals surface area contributed by atoms with Crippen LogP contribution in [0, 0.1) is 5.41 Å². The van der Waals surface area contributed by atoms with Gasteiger partial charge in [-0.25, -0.2) is 4.79 Å². The third-order valence-corrected chi connectivity index (χ3v) is 9.83. The lowest BCUT2D eigenvalue weighted by Crippen LogP contribution is -2.48. The number of carbonyl (C=O) groups excluding carboxylic acids is 2. The van der Waals surface area contributed by atoms with Crippen molar-refractivity contribution in [2.75, 3.05) is 6.54 Å². The molecule has 2 aromatic carbocycles. The molecule has 6 heteroatoms. The fourth-order valence-electron chi connectivity index (χ4n) is 7.45. The average Bonchev–Trinajstić information content (AvgIpc) is 3.67. The number of aliphatic hydroxyl groups is 1. The molecule has 1 aromatic heterocycles. The van der Waals surface area contributed by atoms with Gasteiger partial charge in [-0.05, 0) is 92.7 Å². The normalized spacial score (nSPS) is 28.3. The number of allylic oxidation sites excluding steroid dienone is 2. The van der Waals surface area contributed by atoms with E-state index in [1.807, 2.05) is 41.3 Å². The van der Waals surface area contributed by atoms with Gasteiger partial charge >= 0.3 is 6.09 Å². The first kappa shape index (κ1) is 27.5. The number of rotatable bonds is 4. The van der Waals surface area contributed by atoms with Gasteiger partial charge in [0.05, 0.1) is 18.9 Å². The molecule has 4 unspecified atom stereocenters. The summed E-state index contributed by atoms with van der Waals surface area (Å²) in [5.41, 5.74) is 3.83. The number of furan rings is 1. The van der Waals surface area contributed by atoms with Crippen molar-refractivity contribution < 1.29 is 23.8 Å². The van der Waals surface area contributed by atoms with Crippen LogP contribution in [0.25, 0.3) is 0 Å². The third kappa shape index (κ3) is 5.14. The van der Waals surface area contributed by atoms with Crippen LogP contribution in [0.1, 0.15) is 91.1 Å². The molecule has 1 aliphatic heterocycles. The van der Waals surface area contributed by atoms with Crippen molar-refractivity contribution in [3.63, 3.8) is 0 Å². The molecule has 4 aliphatic rings. The number of hydrogen-bond donors (Lipinski definition) is 1. The average molecular weight is 554 g/mol. The highest BCUT2D eigenvalue weighted by Gasteiger charge is 2.63. The number of nitrogens with zero attached hydrogens (tertiary/aromatic N) is 1. The lowest BCUT2D eigenvalue weighted by atomic mass is 9.65. The Balaban J connectivity index is 1.42. The Morgan fingerprint density at radius 1 is 1.07 bits per heavy atom. The van der Waals surface area contributed by atoms with Crippen molar-refractivity contribution in [2.45, 2.75) is 83.0 Å². The molecule has 1 amide bonds. The van der Waals surface area contributed by atoms with Gasteiger partial charge in [0, 0.05) is 17.5 Å². The highest BCUT2D eigenvalue weighted by molar-refractivity contribution is 6.08. The van der Waals surface area contributed by atoms with Gasteiger partial charge in [0.1, 0.15) is 5.60 Å². The summed E-state index contributed by atoms with van der Waals surface area (Å²) < 4.78 is 12.0. The van der Waals surface area contributed by atoms with Gasteiger partial charge in [-0.1, -0.05) is 61.0 Å². The van der Waals surface area contributed by atoms with Crippen LogP contribution in [0.5, 0.6) is 0 Å². The molecule has 2 heterocycles. The second kappa shape index (κ2) is 11.0. The maximum atomic E-state index is 13.8. The number of ether oxygens (including phenoxy) is 1. The first-order valence-electron chi connectivity index (χ1n) is 14.8.